The van der Waals surface area contributed by atoms with Gasteiger partial charge in [-0.15, -0.1) is 0 Å². The Labute approximate surface area is 123 Å². The number of aromatic amines is 1. The molecule has 0 aliphatic rings. The first-order valence-corrected chi connectivity index (χ1v) is 6.94. The molecular formula is C14H10FN3O2S. The van der Waals surface area contributed by atoms with Gasteiger partial charge in [0, 0.05) is 17.0 Å². The van der Waals surface area contributed by atoms with Crippen LogP contribution in [-0.4, -0.2) is 20.5 Å². The molecule has 0 radical (unpaired) electrons. The second-order valence-electron chi connectivity index (χ2n) is 4.22. The monoisotopic (exact) mass is 303 g/mol. The fraction of sp³-hybridized carbons (Fsp3) is 0.0714. The van der Waals surface area contributed by atoms with Gasteiger partial charge < -0.3 is 4.74 Å². The number of esters is 1. The second kappa shape index (κ2) is 5.84. The largest absolute Gasteiger partial charge is 0.456 e. The lowest BCUT2D eigenvalue weighted by molar-refractivity contribution is 0.0462. The summed E-state index contributed by atoms with van der Waals surface area (Å²) >= 11 is 1.30. The van der Waals surface area contributed by atoms with E-state index in [0.29, 0.717) is 17.0 Å². The van der Waals surface area contributed by atoms with Crippen LogP contribution >= 0.6 is 11.5 Å². The van der Waals surface area contributed by atoms with Crippen LogP contribution < -0.4 is 0 Å². The molecule has 7 heteroatoms. The van der Waals surface area contributed by atoms with Crippen molar-refractivity contribution in [3.05, 3.63) is 58.9 Å². The van der Waals surface area contributed by atoms with Gasteiger partial charge in [0.25, 0.3) is 0 Å². The molecule has 1 aromatic carbocycles. The minimum Gasteiger partial charge on any atom is -0.456 e. The van der Waals surface area contributed by atoms with Gasteiger partial charge in [-0.3, -0.25) is 5.10 Å². The van der Waals surface area contributed by atoms with Gasteiger partial charge in [0.15, 0.2) is 0 Å². The van der Waals surface area contributed by atoms with Crippen molar-refractivity contribution < 1.29 is 13.9 Å². The van der Waals surface area contributed by atoms with Gasteiger partial charge in [0.1, 0.15) is 29.5 Å². The van der Waals surface area contributed by atoms with Gasteiger partial charge in [-0.2, -0.15) is 9.47 Å². The van der Waals surface area contributed by atoms with E-state index in [-0.39, 0.29) is 12.3 Å². The Morgan fingerprint density at radius 2 is 2.14 bits per heavy atom. The number of rotatable bonds is 4. The number of H-pyrrole nitrogens is 1. The molecular weight excluding hydrogens is 293 g/mol. The molecule has 0 saturated carbocycles. The Morgan fingerprint density at radius 3 is 2.90 bits per heavy atom. The van der Waals surface area contributed by atoms with E-state index in [0.717, 1.165) is 0 Å². The highest BCUT2D eigenvalue weighted by atomic mass is 32.1. The molecule has 0 spiro atoms. The number of hydrogen-bond donors (Lipinski definition) is 1. The van der Waals surface area contributed by atoms with Crippen LogP contribution in [0.5, 0.6) is 0 Å². The Morgan fingerprint density at radius 1 is 1.29 bits per heavy atom. The molecule has 106 valence electrons. The van der Waals surface area contributed by atoms with Crippen LogP contribution in [0, 0.1) is 5.82 Å². The number of nitrogens with zero attached hydrogens (tertiary/aromatic N) is 2. The van der Waals surface area contributed by atoms with Crippen molar-refractivity contribution in [2.75, 3.05) is 0 Å². The molecule has 0 atom stereocenters. The predicted molar refractivity (Wildman–Crippen MR) is 75.2 cm³/mol. The molecule has 0 aliphatic carbocycles. The smallest absolute Gasteiger partial charge is 0.356 e. The van der Waals surface area contributed by atoms with Gasteiger partial charge in [0.2, 0.25) is 0 Å². The summed E-state index contributed by atoms with van der Waals surface area (Å²) in [6.45, 7) is -0.128. The highest BCUT2D eigenvalue weighted by Gasteiger charge is 2.14. The van der Waals surface area contributed by atoms with E-state index >= 15 is 0 Å². The first-order valence-electron chi connectivity index (χ1n) is 6.11. The number of aromatic nitrogens is 3. The molecule has 2 heterocycles. The zero-order valence-corrected chi connectivity index (χ0v) is 11.6. The van der Waals surface area contributed by atoms with Crippen molar-refractivity contribution in [3.63, 3.8) is 0 Å². The van der Waals surface area contributed by atoms with Crippen molar-refractivity contribution in [3.8, 4) is 11.4 Å². The number of carbonyl (C=O) groups is 1. The van der Waals surface area contributed by atoms with Crippen molar-refractivity contribution >= 4 is 17.5 Å². The number of ether oxygens (including phenoxy) is 1. The maximum absolute atomic E-state index is 13.4. The number of nitrogens with one attached hydrogen (secondary N) is 1. The number of carbonyl (C=O) groups excluding carboxylic acids is 1. The molecule has 1 N–H and O–H groups in total. The third-order valence-corrected chi connectivity index (χ3v) is 3.37. The standard InChI is InChI=1S/C14H10FN3O2S/c15-10-4-2-1-3-9(10)8-20-14(19)13-7-12(16-17-13)11-5-6-21-18-11/h1-7H,8H2,(H,16,17). The molecule has 0 saturated heterocycles. The second-order valence-corrected chi connectivity index (χ2v) is 4.88. The maximum atomic E-state index is 13.4. The Balaban J connectivity index is 1.68. The van der Waals surface area contributed by atoms with E-state index in [1.165, 1.54) is 17.6 Å². The fourth-order valence-corrected chi connectivity index (χ4v) is 2.26. The zero-order valence-electron chi connectivity index (χ0n) is 10.7. The lowest BCUT2D eigenvalue weighted by atomic mass is 10.2. The molecule has 0 aliphatic heterocycles. The van der Waals surface area contributed by atoms with Gasteiger partial charge >= 0.3 is 5.97 Å². The first-order chi connectivity index (χ1) is 10.2. The lowest BCUT2D eigenvalue weighted by Crippen LogP contribution is -2.06. The molecule has 3 aromatic rings. The molecule has 0 fully saturated rings. The lowest BCUT2D eigenvalue weighted by Gasteiger charge is -2.04. The molecule has 2 aromatic heterocycles. The predicted octanol–water partition coefficient (Wildman–Crippen LogP) is 3.03. The van der Waals surface area contributed by atoms with E-state index in [9.17, 15) is 9.18 Å². The van der Waals surface area contributed by atoms with Gasteiger partial charge in [-0.25, -0.2) is 9.18 Å². The van der Waals surface area contributed by atoms with Crippen LogP contribution in [-0.2, 0) is 11.3 Å². The Hall–Kier alpha value is -2.54. The minimum absolute atomic E-state index is 0.128. The summed E-state index contributed by atoms with van der Waals surface area (Å²) in [5.74, 6) is -0.995. The van der Waals surface area contributed by atoms with Crippen LogP contribution in [0.2, 0.25) is 0 Å². The highest BCUT2D eigenvalue weighted by molar-refractivity contribution is 7.03. The van der Waals surface area contributed by atoms with Gasteiger partial charge in [-0.05, 0) is 23.7 Å². The van der Waals surface area contributed by atoms with Gasteiger partial charge in [-0.1, -0.05) is 18.2 Å². The highest BCUT2D eigenvalue weighted by Crippen LogP contribution is 2.17. The summed E-state index contributed by atoms with van der Waals surface area (Å²) in [6.07, 6.45) is 0. The number of benzene rings is 1. The number of hydrogen-bond acceptors (Lipinski definition) is 5. The van der Waals surface area contributed by atoms with Crippen LogP contribution in [0.15, 0.2) is 41.8 Å². The normalized spacial score (nSPS) is 10.5. The first kappa shape index (κ1) is 13.4. The Bertz CT molecular complexity index is 755. The molecule has 3 rings (SSSR count). The van der Waals surface area contributed by atoms with Gasteiger partial charge in [0.05, 0.1) is 0 Å². The summed E-state index contributed by atoms with van der Waals surface area (Å²) in [6, 6.07) is 9.50. The van der Waals surface area contributed by atoms with Crippen molar-refractivity contribution in [2.45, 2.75) is 6.61 Å². The van der Waals surface area contributed by atoms with E-state index < -0.39 is 11.8 Å². The van der Waals surface area contributed by atoms with Crippen LogP contribution in [0.25, 0.3) is 11.4 Å². The molecule has 21 heavy (non-hydrogen) atoms. The van der Waals surface area contributed by atoms with Crippen LogP contribution in [0.3, 0.4) is 0 Å². The third-order valence-electron chi connectivity index (χ3n) is 2.81. The van der Waals surface area contributed by atoms with Crippen LogP contribution in [0.4, 0.5) is 4.39 Å². The van der Waals surface area contributed by atoms with E-state index in [4.69, 9.17) is 4.74 Å². The summed E-state index contributed by atoms with van der Waals surface area (Å²) < 4.78 is 22.6. The summed E-state index contributed by atoms with van der Waals surface area (Å²) in [4.78, 5) is 11.9. The fourth-order valence-electron chi connectivity index (χ4n) is 1.74. The maximum Gasteiger partial charge on any atom is 0.356 e. The minimum atomic E-state index is -0.591. The molecule has 0 unspecified atom stereocenters. The van der Waals surface area contributed by atoms with Crippen molar-refractivity contribution in [1.29, 1.82) is 0 Å². The van der Waals surface area contributed by atoms with E-state index in [1.54, 1.807) is 30.3 Å². The SMILES string of the molecule is O=C(OCc1ccccc1F)c1cc(-c2ccsn2)n[nH]1. The topological polar surface area (TPSA) is 67.9 Å². The van der Waals surface area contributed by atoms with E-state index in [1.807, 2.05) is 5.38 Å². The molecule has 0 bridgehead atoms. The molecule has 0 amide bonds. The van der Waals surface area contributed by atoms with Crippen molar-refractivity contribution in [1.82, 2.24) is 14.6 Å². The third kappa shape index (κ3) is 2.97. The summed E-state index contributed by atoms with van der Waals surface area (Å²) in [5, 5.41) is 8.41. The van der Waals surface area contributed by atoms with Crippen molar-refractivity contribution in [2.24, 2.45) is 0 Å². The average molecular weight is 303 g/mol. The zero-order chi connectivity index (χ0) is 14.7. The van der Waals surface area contributed by atoms with E-state index in [2.05, 4.69) is 14.6 Å². The number of halogens is 1. The van der Waals surface area contributed by atoms with Crippen LogP contribution in [0.1, 0.15) is 16.1 Å². The quantitative estimate of drug-likeness (QED) is 0.752. The molecule has 5 nitrogen and oxygen atoms in total. The summed E-state index contributed by atoms with van der Waals surface area (Å²) in [5.41, 5.74) is 1.78. The average Bonchev–Trinajstić information content (AvgIpc) is 3.16. The Kier molecular flexibility index (Phi) is 3.74. The summed E-state index contributed by atoms with van der Waals surface area (Å²) in [7, 11) is 0.